The fraction of sp³-hybridized carbons (Fsp3) is 0.667. The number of nitrogens with zero attached hydrogens (tertiary/aromatic N) is 1. The minimum Gasteiger partial charge on any atom is -0.390 e. The predicted octanol–water partition coefficient (Wildman–Crippen LogP) is 4.56. The minimum atomic E-state index is -2.21. The molecule has 0 aromatic carbocycles. The van der Waals surface area contributed by atoms with Gasteiger partial charge in [0.15, 0.2) is 17.2 Å². The second kappa shape index (κ2) is 9.98. The summed E-state index contributed by atoms with van der Waals surface area (Å²) in [6.45, 7) is 6.95. The zero-order valence-electron chi connectivity index (χ0n) is 22.5. The number of Topliss-reactive ketones (excluding diaryl/α,β-unsaturated/α-hetero) is 1. The molecule has 0 aromatic rings. The van der Waals surface area contributed by atoms with Crippen molar-refractivity contribution in [3.05, 3.63) is 47.6 Å². The third-order valence-corrected chi connectivity index (χ3v) is 10.9. The Morgan fingerprint density at radius 3 is 2.62 bits per heavy atom. The number of aliphatic hydroxyl groups is 2. The Morgan fingerprint density at radius 1 is 1.23 bits per heavy atom. The summed E-state index contributed by atoms with van der Waals surface area (Å²) in [4.78, 5) is 32.0. The van der Waals surface area contributed by atoms with E-state index in [9.17, 15) is 19.8 Å². The monoisotopic (exact) mass is 565 g/mol. The molecule has 6 nitrogen and oxygen atoms in total. The van der Waals surface area contributed by atoms with Crippen molar-refractivity contribution < 1.29 is 33.4 Å². The Bertz CT molecular complexity index is 1160. The van der Waals surface area contributed by atoms with E-state index in [2.05, 4.69) is 6.58 Å². The maximum atomic E-state index is 17.4. The Kier molecular flexibility index (Phi) is 7.37. The van der Waals surface area contributed by atoms with Gasteiger partial charge in [0.1, 0.15) is 18.4 Å². The zero-order valence-corrected chi connectivity index (χ0v) is 23.3. The van der Waals surface area contributed by atoms with Crippen LogP contribution < -0.4 is 0 Å². The van der Waals surface area contributed by atoms with Gasteiger partial charge >= 0.3 is 0 Å². The second-order valence-corrected chi connectivity index (χ2v) is 13.1. The van der Waals surface area contributed by atoms with Crippen molar-refractivity contribution in [3.63, 3.8) is 0 Å². The fourth-order valence-corrected chi connectivity index (χ4v) is 8.97. The number of rotatable bonds is 7. The lowest BCUT2D eigenvalue weighted by atomic mass is 9.45. The van der Waals surface area contributed by atoms with Gasteiger partial charge in [0, 0.05) is 40.8 Å². The Balaban J connectivity index is 1.51. The minimum absolute atomic E-state index is 0.0857. The van der Waals surface area contributed by atoms with Crippen molar-refractivity contribution >= 4 is 23.2 Å². The van der Waals surface area contributed by atoms with Crippen LogP contribution in [0.1, 0.15) is 52.4 Å². The van der Waals surface area contributed by atoms with Crippen LogP contribution in [0.4, 0.5) is 8.78 Å². The van der Waals surface area contributed by atoms with Gasteiger partial charge < -0.3 is 10.2 Å². The first kappa shape index (κ1) is 28.8. The van der Waals surface area contributed by atoms with E-state index in [1.807, 2.05) is 19.1 Å². The molecule has 0 aromatic heterocycles. The summed E-state index contributed by atoms with van der Waals surface area (Å²) >= 11 is 6.10. The number of carbonyl (C=O) groups excluding carboxylic acids is 2. The number of ketones is 2. The molecule has 9 heteroatoms. The quantitative estimate of drug-likeness (QED) is 0.440. The molecule has 3 saturated carbocycles. The number of hydroxylamine groups is 2. The molecule has 1 saturated heterocycles. The summed E-state index contributed by atoms with van der Waals surface area (Å²) in [5.41, 5.74) is -5.03. The van der Waals surface area contributed by atoms with Gasteiger partial charge in [0.25, 0.3) is 0 Å². The average Bonchev–Trinajstić information content (AvgIpc) is 3.37. The van der Waals surface area contributed by atoms with Gasteiger partial charge in [-0.1, -0.05) is 49.8 Å². The Labute approximate surface area is 233 Å². The van der Waals surface area contributed by atoms with Crippen molar-refractivity contribution in [3.8, 4) is 0 Å². The number of aliphatic hydroxyl groups excluding tert-OH is 2. The molecule has 0 spiro atoms. The lowest BCUT2D eigenvalue weighted by molar-refractivity contribution is -0.270. The van der Waals surface area contributed by atoms with E-state index in [-0.39, 0.29) is 25.2 Å². The van der Waals surface area contributed by atoms with Crippen LogP contribution >= 0.6 is 11.6 Å². The van der Waals surface area contributed by atoms with Gasteiger partial charge in [-0.2, -0.15) is 5.06 Å². The number of hydrogen-bond donors (Lipinski definition) is 2. The molecule has 0 bridgehead atoms. The second-order valence-electron chi connectivity index (χ2n) is 12.6. The van der Waals surface area contributed by atoms with Crippen LogP contribution in [0.15, 0.2) is 47.6 Å². The summed E-state index contributed by atoms with van der Waals surface area (Å²) in [6, 6.07) is 0. The fourth-order valence-electron chi connectivity index (χ4n) is 8.81. The molecule has 214 valence electrons. The molecule has 0 unspecified atom stereocenters. The predicted molar refractivity (Wildman–Crippen MR) is 143 cm³/mol. The lowest BCUT2D eigenvalue weighted by Crippen LogP contribution is -2.70. The number of carbonyl (C=O) groups is 2. The highest BCUT2D eigenvalue weighted by molar-refractivity contribution is 6.29. The molecule has 1 heterocycles. The summed E-state index contributed by atoms with van der Waals surface area (Å²) < 4.78 is 32.7. The van der Waals surface area contributed by atoms with E-state index in [1.54, 1.807) is 12.0 Å². The van der Waals surface area contributed by atoms with Crippen LogP contribution in [0.3, 0.4) is 0 Å². The smallest absolute Gasteiger partial charge is 0.192 e. The average molecular weight is 566 g/mol. The van der Waals surface area contributed by atoms with Gasteiger partial charge in [-0.3, -0.25) is 14.4 Å². The van der Waals surface area contributed by atoms with Crippen molar-refractivity contribution in [1.29, 1.82) is 0 Å². The molecule has 4 fully saturated rings. The van der Waals surface area contributed by atoms with Gasteiger partial charge in [-0.05, 0) is 62.7 Å². The van der Waals surface area contributed by atoms with Crippen LogP contribution in [0, 0.1) is 28.6 Å². The third kappa shape index (κ3) is 4.16. The molecule has 9 atom stereocenters. The summed E-state index contributed by atoms with van der Waals surface area (Å²) in [5, 5.41) is 24.1. The molecular formula is C30H38ClF2NO5. The number of fused-ring (bicyclic) bond motifs is 5. The van der Waals surface area contributed by atoms with Gasteiger partial charge in [0.2, 0.25) is 0 Å². The van der Waals surface area contributed by atoms with E-state index in [0.717, 1.165) is 29.5 Å². The van der Waals surface area contributed by atoms with E-state index in [4.69, 9.17) is 16.4 Å². The highest BCUT2D eigenvalue weighted by Gasteiger charge is 2.78. The van der Waals surface area contributed by atoms with Gasteiger partial charge in [-0.15, -0.1) is 0 Å². The van der Waals surface area contributed by atoms with Crippen molar-refractivity contribution in [2.45, 2.75) is 75.9 Å². The highest BCUT2D eigenvalue weighted by Crippen LogP contribution is 2.71. The maximum Gasteiger partial charge on any atom is 0.192 e. The SMILES string of the molecule is C=CC(=O)/C=C\[C@@]1(C)C[C@@H](F)C[C@H]2[C@@H]3C[C@H]4CN(CC5=CC=C(Cl)CC5)O[C@@]4(C(=O)CO)[C@@]3(C)C[C@H](O)[C@@]21F. The maximum absolute atomic E-state index is 17.4. The van der Waals surface area contributed by atoms with Crippen LogP contribution in [-0.4, -0.2) is 70.1 Å². The lowest BCUT2D eigenvalue weighted by Gasteiger charge is -2.62. The van der Waals surface area contributed by atoms with Gasteiger partial charge in [-0.25, -0.2) is 8.78 Å². The topological polar surface area (TPSA) is 87.1 Å². The summed E-state index contributed by atoms with van der Waals surface area (Å²) in [5.74, 6) is -2.64. The Hall–Kier alpha value is -1.71. The van der Waals surface area contributed by atoms with Crippen LogP contribution in [0.25, 0.3) is 0 Å². The molecule has 0 amide bonds. The highest BCUT2D eigenvalue weighted by atomic mass is 35.5. The first-order chi connectivity index (χ1) is 18.3. The van der Waals surface area contributed by atoms with Gasteiger partial charge in [0.05, 0.1) is 6.10 Å². The number of alkyl halides is 2. The molecule has 0 radical (unpaired) electrons. The zero-order chi connectivity index (χ0) is 28.4. The standard InChI is InChI=1S/C30H38ClF2NO5/c1-4-22(36)9-10-27(2)13-21(32)12-24-23-11-19-16-34(15-18-5-7-20(31)8-6-18)39-30(19,26(38)17-35)28(23,3)14-25(37)29(24,27)33/h4-5,7,9-10,19,21,23-25,35,37H,1,6,8,11-17H2,2-3H3/b10-9-/t19-,21-,23-,24-,25-,27-,28-,29-,30-/m0/s1. The van der Waals surface area contributed by atoms with E-state index >= 15 is 8.78 Å². The number of halogens is 3. The molecule has 4 aliphatic carbocycles. The first-order valence-electron chi connectivity index (χ1n) is 13.8. The van der Waals surface area contributed by atoms with Crippen molar-refractivity contribution in [2.75, 3.05) is 19.7 Å². The molecular weight excluding hydrogens is 528 g/mol. The van der Waals surface area contributed by atoms with E-state index < -0.39 is 64.4 Å². The summed E-state index contributed by atoms with van der Waals surface area (Å²) in [7, 11) is 0. The Morgan fingerprint density at radius 2 is 1.97 bits per heavy atom. The number of hydrogen-bond acceptors (Lipinski definition) is 6. The van der Waals surface area contributed by atoms with Crippen LogP contribution in [0.5, 0.6) is 0 Å². The van der Waals surface area contributed by atoms with E-state index in [1.165, 1.54) is 12.2 Å². The molecule has 39 heavy (non-hydrogen) atoms. The largest absolute Gasteiger partial charge is 0.390 e. The van der Waals surface area contributed by atoms with Crippen molar-refractivity contribution in [2.24, 2.45) is 28.6 Å². The first-order valence-corrected chi connectivity index (χ1v) is 14.2. The van der Waals surface area contributed by atoms with Crippen LogP contribution in [-0.2, 0) is 14.4 Å². The number of allylic oxidation sites excluding steroid dienone is 6. The third-order valence-electron chi connectivity index (χ3n) is 10.6. The van der Waals surface area contributed by atoms with E-state index in [0.29, 0.717) is 19.5 Å². The molecule has 5 rings (SSSR count). The molecule has 5 aliphatic rings. The molecule has 1 aliphatic heterocycles. The van der Waals surface area contributed by atoms with Crippen molar-refractivity contribution in [1.82, 2.24) is 5.06 Å². The normalized spacial score (nSPS) is 45.8. The summed E-state index contributed by atoms with van der Waals surface area (Å²) in [6.07, 6.45) is 6.19. The molecule has 2 N–H and O–H groups in total. The van der Waals surface area contributed by atoms with Crippen LogP contribution in [0.2, 0.25) is 0 Å².